The number of hydrogen-bond donors (Lipinski definition) is 0. The molecule has 1 saturated heterocycles. The van der Waals surface area contributed by atoms with Crippen LogP contribution in [0.5, 0.6) is 5.75 Å². The van der Waals surface area contributed by atoms with Crippen LogP contribution in [0.2, 0.25) is 0 Å². The van der Waals surface area contributed by atoms with Gasteiger partial charge in [0.05, 0.1) is 17.4 Å². The van der Waals surface area contributed by atoms with Crippen LogP contribution in [0.25, 0.3) is 0 Å². The Labute approximate surface area is 149 Å². The highest BCUT2D eigenvalue weighted by Gasteiger charge is 2.36. The second kappa shape index (κ2) is 6.84. The molecule has 0 bridgehead atoms. The molecule has 0 unspecified atom stereocenters. The average Bonchev–Trinajstić information content (AvgIpc) is 3.06. The zero-order chi connectivity index (χ0) is 16.4. The molecule has 122 valence electrons. The van der Waals surface area contributed by atoms with Crippen LogP contribution in [0, 0.1) is 0 Å². The fourth-order valence-electron chi connectivity index (χ4n) is 2.47. The number of methoxy groups -OCH3 is 1. The molecule has 0 radical (unpaired) electrons. The normalized spacial score (nSPS) is 19.0. The predicted octanol–water partition coefficient (Wildman–Crippen LogP) is 3.89. The van der Waals surface area contributed by atoms with Gasteiger partial charge in [-0.3, -0.25) is 0 Å². The lowest BCUT2D eigenvalue weighted by Crippen LogP contribution is -2.30. The van der Waals surface area contributed by atoms with Crippen molar-refractivity contribution in [3.63, 3.8) is 0 Å². The number of benzene rings is 2. The van der Waals surface area contributed by atoms with Crippen LogP contribution < -0.4 is 4.74 Å². The second-order valence-corrected chi connectivity index (χ2v) is 9.06. The summed E-state index contributed by atoms with van der Waals surface area (Å²) in [6.45, 7) is 0.514. The van der Waals surface area contributed by atoms with Gasteiger partial charge in [-0.2, -0.15) is 4.31 Å². The molecule has 3 rings (SSSR count). The molecule has 1 aliphatic rings. The van der Waals surface area contributed by atoms with E-state index in [9.17, 15) is 8.42 Å². The minimum atomic E-state index is -3.51. The molecule has 0 aromatic heterocycles. The molecule has 0 N–H and O–H groups in total. The largest absolute Gasteiger partial charge is 0.497 e. The maximum absolute atomic E-state index is 12.9. The fourth-order valence-corrected chi connectivity index (χ4v) is 5.98. The van der Waals surface area contributed by atoms with E-state index in [0.717, 1.165) is 21.5 Å². The van der Waals surface area contributed by atoms with Crippen LogP contribution in [0.15, 0.2) is 57.9 Å². The average molecular weight is 414 g/mol. The highest BCUT2D eigenvalue weighted by atomic mass is 79.9. The van der Waals surface area contributed by atoms with E-state index in [1.54, 1.807) is 47.4 Å². The van der Waals surface area contributed by atoms with Crippen molar-refractivity contribution in [1.82, 2.24) is 4.31 Å². The summed E-state index contributed by atoms with van der Waals surface area (Å²) >= 11 is 4.97. The number of thioether (sulfide) groups is 1. The Bertz CT molecular complexity index is 776. The van der Waals surface area contributed by atoms with Gasteiger partial charge >= 0.3 is 0 Å². The zero-order valence-corrected chi connectivity index (χ0v) is 15.7. The summed E-state index contributed by atoms with van der Waals surface area (Å²) in [6.07, 6.45) is 0. The van der Waals surface area contributed by atoms with Crippen LogP contribution in [-0.2, 0) is 10.0 Å². The Morgan fingerprint density at radius 2 is 1.78 bits per heavy atom. The summed E-state index contributed by atoms with van der Waals surface area (Å²) < 4.78 is 33.4. The first-order valence-electron chi connectivity index (χ1n) is 7.05. The Balaban J connectivity index is 1.92. The van der Waals surface area contributed by atoms with E-state index < -0.39 is 10.0 Å². The highest BCUT2D eigenvalue weighted by Crippen LogP contribution is 2.41. The van der Waals surface area contributed by atoms with E-state index in [-0.39, 0.29) is 5.37 Å². The van der Waals surface area contributed by atoms with Crippen molar-refractivity contribution in [3.8, 4) is 5.75 Å². The van der Waals surface area contributed by atoms with Crippen molar-refractivity contribution in [3.05, 3.63) is 58.6 Å². The third kappa shape index (κ3) is 3.42. The van der Waals surface area contributed by atoms with Gasteiger partial charge in [0, 0.05) is 16.8 Å². The van der Waals surface area contributed by atoms with Gasteiger partial charge in [-0.1, -0.05) is 28.1 Å². The van der Waals surface area contributed by atoms with Crippen molar-refractivity contribution in [2.45, 2.75) is 10.3 Å². The molecule has 23 heavy (non-hydrogen) atoms. The number of hydrogen-bond acceptors (Lipinski definition) is 4. The summed E-state index contributed by atoms with van der Waals surface area (Å²) in [5, 5.41) is -0.199. The fraction of sp³-hybridized carbons (Fsp3) is 0.250. The topological polar surface area (TPSA) is 46.6 Å². The molecule has 2 aromatic carbocycles. The molecule has 0 spiro atoms. The van der Waals surface area contributed by atoms with Gasteiger partial charge < -0.3 is 4.74 Å². The minimum Gasteiger partial charge on any atom is -0.497 e. The van der Waals surface area contributed by atoms with Crippen LogP contribution in [0.1, 0.15) is 10.9 Å². The standard InChI is InChI=1S/C16H16BrNO3S2/c1-21-14-6-2-12(3-7-14)16-18(10-11-22-16)23(19,20)15-8-4-13(17)5-9-15/h2-9,16H,10-11H2,1H3/t16-/m0/s1. The third-order valence-corrected chi connectivity index (χ3v) is 7.47. The Kier molecular flexibility index (Phi) is 5.01. The number of ether oxygens (including phenoxy) is 1. The van der Waals surface area contributed by atoms with E-state index in [4.69, 9.17) is 4.74 Å². The van der Waals surface area contributed by atoms with E-state index in [0.29, 0.717) is 11.4 Å². The van der Waals surface area contributed by atoms with Gasteiger partial charge in [-0.25, -0.2) is 8.42 Å². The van der Waals surface area contributed by atoms with E-state index in [1.807, 2.05) is 24.3 Å². The van der Waals surface area contributed by atoms with Gasteiger partial charge in [-0.05, 0) is 42.0 Å². The summed E-state index contributed by atoms with van der Waals surface area (Å²) in [4.78, 5) is 0.321. The molecular formula is C16H16BrNO3S2. The maximum Gasteiger partial charge on any atom is 0.244 e. The van der Waals surface area contributed by atoms with Crippen molar-refractivity contribution < 1.29 is 13.2 Å². The van der Waals surface area contributed by atoms with Crippen molar-refractivity contribution in [2.24, 2.45) is 0 Å². The van der Waals surface area contributed by atoms with Gasteiger partial charge in [0.1, 0.15) is 5.75 Å². The van der Waals surface area contributed by atoms with E-state index >= 15 is 0 Å². The lowest BCUT2D eigenvalue weighted by molar-refractivity contribution is 0.413. The van der Waals surface area contributed by atoms with Crippen molar-refractivity contribution in [1.29, 1.82) is 0 Å². The predicted molar refractivity (Wildman–Crippen MR) is 96.2 cm³/mol. The molecule has 0 saturated carbocycles. The van der Waals surface area contributed by atoms with Gasteiger partial charge in [-0.15, -0.1) is 11.8 Å². The second-order valence-electron chi connectivity index (χ2n) is 5.07. The van der Waals surface area contributed by atoms with Crippen LogP contribution in [0.4, 0.5) is 0 Å². The molecule has 0 aliphatic carbocycles. The molecule has 1 heterocycles. The van der Waals surface area contributed by atoms with Crippen molar-refractivity contribution in [2.75, 3.05) is 19.4 Å². The molecule has 1 fully saturated rings. The summed E-state index contributed by atoms with van der Waals surface area (Å²) in [7, 11) is -1.89. The number of nitrogens with zero attached hydrogens (tertiary/aromatic N) is 1. The van der Waals surface area contributed by atoms with Gasteiger partial charge in [0.25, 0.3) is 0 Å². The molecule has 1 aliphatic heterocycles. The molecule has 2 aromatic rings. The Morgan fingerprint density at radius 1 is 1.13 bits per heavy atom. The third-order valence-electron chi connectivity index (χ3n) is 3.67. The van der Waals surface area contributed by atoms with E-state index in [1.165, 1.54) is 0 Å². The Morgan fingerprint density at radius 3 is 2.39 bits per heavy atom. The number of rotatable bonds is 4. The zero-order valence-electron chi connectivity index (χ0n) is 12.5. The maximum atomic E-state index is 12.9. The minimum absolute atomic E-state index is 0.199. The number of sulfonamides is 1. The summed E-state index contributed by atoms with van der Waals surface area (Å²) in [6, 6.07) is 14.3. The smallest absolute Gasteiger partial charge is 0.244 e. The first-order chi connectivity index (χ1) is 11.0. The Hall–Kier alpha value is -1.02. The van der Waals surface area contributed by atoms with Crippen LogP contribution in [0.3, 0.4) is 0 Å². The molecule has 7 heteroatoms. The molecule has 1 atom stereocenters. The molecular weight excluding hydrogens is 398 g/mol. The monoisotopic (exact) mass is 413 g/mol. The van der Waals surface area contributed by atoms with E-state index in [2.05, 4.69) is 15.9 Å². The van der Waals surface area contributed by atoms with Crippen LogP contribution in [-0.4, -0.2) is 32.1 Å². The van der Waals surface area contributed by atoms with Crippen molar-refractivity contribution >= 4 is 37.7 Å². The SMILES string of the molecule is COc1ccc([C@@H]2SCCN2S(=O)(=O)c2ccc(Br)cc2)cc1. The van der Waals surface area contributed by atoms with Gasteiger partial charge in [0.2, 0.25) is 10.0 Å². The first-order valence-corrected chi connectivity index (χ1v) is 10.3. The summed E-state index contributed by atoms with van der Waals surface area (Å²) in [5.41, 5.74) is 0.967. The van der Waals surface area contributed by atoms with Crippen LogP contribution >= 0.6 is 27.7 Å². The molecule has 4 nitrogen and oxygen atoms in total. The van der Waals surface area contributed by atoms with Gasteiger partial charge in [0.15, 0.2) is 0 Å². The lowest BCUT2D eigenvalue weighted by atomic mass is 10.2. The number of halogens is 1. The summed E-state index contributed by atoms with van der Waals surface area (Å²) in [5.74, 6) is 1.55. The molecule has 0 amide bonds. The quantitative estimate of drug-likeness (QED) is 0.762. The first kappa shape index (κ1) is 16.8. The highest BCUT2D eigenvalue weighted by molar-refractivity contribution is 9.10. The lowest BCUT2D eigenvalue weighted by Gasteiger charge is -2.23.